The Morgan fingerprint density at radius 3 is 2.17 bits per heavy atom. The fraction of sp³-hybridized carbons (Fsp3) is 0.111. The maximum atomic E-state index is 12.8. The Kier molecular flexibility index (Phi) is 3.96. The number of anilines is 1. The van der Waals surface area contributed by atoms with Crippen LogP contribution in [0.2, 0.25) is 0 Å². The van der Waals surface area contributed by atoms with Crippen molar-refractivity contribution in [2.45, 2.75) is 4.90 Å². The molecule has 0 spiro atoms. The van der Waals surface area contributed by atoms with Gasteiger partial charge >= 0.3 is 0 Å². The maximum absolute atomic E-state index is 12.8. The van der Waals surface area contributed by atoms with Crippen molar-refractivity contribution >= 4 is 26.5 Å². The van der Waals surface area contributed by atoms with Gasteiger partial charge in [0.15, 0.2) is 0 Å². The predicted octanol–water partition coefficient (Wildman–Crippen LogP) is 3.67. The Hall–Kier alpha value is -2.53. The van der Waals surface area contributed by atoms with Crippen molar-refractivity contribution in [1.82, 2.24) is 0 Å². The molecular weight excluding hydrogens is 310 g/mol. The van der Waals surface area contributed by atoms with Gasteiger partial charge in [-0.25, -0.2) is 8.42 Å². The molecule has 5 heteroatoms. The molecule has 0 saturated heterocycles. The highest BCUT2D eigenvalue weighted by atomic mass is 32.2. The number of methoxy groups -OCH3 is 1. The molecule has 0 aromatic heterocycles. The molecule has 0 heterocycles. The Balaban J connectivity index is 2.00. The lowest BCUT2D eigenvalue weighted by molar-refractivity contribution is 0.414. The first-order chi connectivity index (χ1) is 11.0. The summed E-state index contributed by atoms with van der Waals surface area (Å²) < 4.78 is 31.9. The zero-order valence-electron chi connectivity index (χ0n) is 12.9. The number of sulfonamides is 1. The highest BCUT2D eigenvalue weighted by molar-refractivity contribution is 7.92. The lowest BCUT2D eigenvalue weighted by atomic mass is 10.1. The second-order valence-electron chi connectivity index (χ2n) is 5.18. The van der Waals surface area contributed by atoms with E-state index in [9.17, 15) is 8.42 Å². The molecule has 0 aliphatic rings. The van der Waals surface area contributed by atoms with Crippen LogP contribution in [0.25, 0.3) is 10.8 Å². The number of fused-ring (bicyclic) bond motifs is 1. The van der Waals surface area contributed by atoms with Crippen molar-refractivity contribution in [3.63, 3.8) is 0 Å². The third kappa shape index (κ3) is 2.87. The van der Waals surface area contributed by atoms with Gasteiger partial charge in [0.05, 0.1) is 17.7 Å². The average molecular weight is 327 g/mol. The zero-order chi connectivity index (χ0) is 16.4. The van der Waals surface area contributed by atoms with Gasteiger partial charge in [-0.15, -0.1) is 0 Å². The molecule has 0 aliphatic heterocycles. The van der Waals surface area contributed by atoms with Crippen LogP contribution in [0.15, 0.2) is 71.6 Å². The first-order valence-electron chi connectivity index (χ1n) is 7.14. The maximum Gasteiger partial charge on any atom is 0.264 e. The molecule has 23 heavy (non-hydrogen) atoms. The lowest BCUT2D eigenvalue weighted by Gasteiger charge is -2.20. The van der Waals surface area contributed by atoms with Crippen LogP contribution in [0.5, 0.6) is 5.75 Å². The summed E-state index contributed by atoms with van der Waals surface area (Å²) in [7, 11) is -0.502. The Labute approximate surface area is 136 Å². The third-order valence-corrected chi connectivity index (χ3v) is 5.61. The van der Waals surface area contributed by atoms with E-state index in [0.717, 1.165) is 10.8 Å². The standard InChI is InChI=1S/C18H17NO3S/c1-19(16-8-7-14-5-3-4-6-15(14)13-16)23(20,21)18-11-9-17(22-2)10-12-18/h3-13H,1-2H3. The summed E-state index contributed by atoms with van der Waals surface area (Å²) >= 11 is 0. The highest BCUT2D eigenvalue weighted by Gasteiger charge is 2.21. The number of hydrogen-bond acceptors (Lipinski definition) is 3. The minimum Gasteiger partial charge on any atom is -0.497 e. The molecule has 3 aromatic carbocycles. The minimum absolute atomic E-state index is 0.231. The quantitative estimate of drug-likeness (QED) is 0.734. The number of rotatable bonds is 4. The molecule has 0 fully saturated rings. The molecule has 3 rings (SSSR count). The van der Waals surface area contributed by atoms with Crippen LogP contribution in [0.4, 0.5) is 5.69 Å². The van der Waals surface area contributed by atoms with Crippen LogP contribution in [0.1, 0.15) is 0 Å². The van der Waals surface area contributed by atoms with E-state index in [0.29, 0.717) is 11.4 Å². The zero-order valence-corrected chi connectivity index (χ0v) is 13.7. The molecule has 0 atom stereocenters. The molecule has 118 valence electrons. The van der Waals surface area contributed by atoms with Gasteiger partial charge in [-0.1, -0.05) is 30.3 Å². The van der Waals surface area contributed by atoms with Gasteiger partial charge in [0.25, 0.3) is 10.0 Å². The largest absolute Gasteiger partial charge is 0.497 e. The predicted molar refractivity (Wildman–Crippen MR) is 92.5 cm³/mol. The van der Waals surface area contributed by atoms with Crippen LogP contribution in [-0.4, -0.2) is 22.6 Å². The molecule has 0 bridgehead atoms. The second-order valence-corrected chi connectivity index (χ2v) is 7.15. The smallest absolute Gasteiger partial charge is 0.264 e. The summed E-state index contributed by atoms with van der Waals surface area (Å²) in [6.07, 6.45) is 0. The van der Waals surface area contributed by atoms with Gasteiger partial charge in [-0.3, -0.25) is 4.31 Å². The summed E-state index contributed by atoms with van der Waals surface area (Å²) in [6.45, 7) is 0. The van der Waals surface area contributed by atoms with Crippen molar-refractivity contribution in [1.29, 1.82) is 0 Å². The summed E-state index contributed by atoms with van der Waals surface area (Å²) in [5, 5.41) is 2.08. The van der Waals surface area contributed by atoms with Crippen LogP contribution in [0.3, 0.4) is 0 Å². The van der Waals surface area contributed by atoms with Crippen LogP contribution >= 0.6 is 0 Å². The van der Waals surface area contributed by atoms with Gasteiger partial charge in [-0.2, -0.15) is 0 Å². The number of hydrogen-bond donors (Lipinski definition) is 0. The molecular formula is C18H17NO3S. The summed E-state index contributed by atoms with van der Waals surface area (Å²) in [4.78, 5) is 0.231. The third-order valence-electron chi connectivity index (χ3n) is 3.81. The first-order valence-corrected chi connectivity index (χ1v) is 8.58. The fourth-order valence-electron chi connectivity index (χ4n) is 2.42. The summed E-state index contributed by atoms with van der Waals surface area (Å²) in [5.41, 5.74) is 0.625. The Bertz CT molecular complexity index is 934. The lowest BCUT2D eigenvalue weighted by Crippen LogP contribution is -2.26. The van der Waals surface area contributed by atoms with E-state index in [4.69, 9.17) is 4.74 Å². The topological polar surface area (TPSA) is 46.6 Å². The monoisotopic (exact) mass is 327 g/mol. The van der Waals surface area contributed by atoms with Gasteiger partial charge in [-0.05, 0) is 47.2 Å². The van der Waals surface area contributed by atoms with Crippen molar-refractivity contribution < 1.29 is 13.2 Å². The van der Waals surface area contributed by atoms with Crippen molar-refractivity contribution in [3.8, 4) is 5.75 Å². The van der Waals surface area contributed by atoms with Crippen LogP contribution in [-0.2, 0) is 10.0 Å². The first kappa shape index (κ1) is 15.4. The van der Waals surface area contributed by atoms with Crippen molar-refractivity contribution in [2.75, 3.05) is 18.5 Å². The minimum atomic E-state index is -3.61. The van der Waals surface area contributed by atoms with Crippen molar-refractivity contribution in [2.24, 2.45) is 0 Å². The molecule has 0 unspecified atom stereocenters. The van der Waals surface area contributed by atoms with E-state index in [1.807, 2.05) is 42.5 Å². The van der Waals surface area contributed by atoms with E-state index in [2.05, 4.69) is 0 Å². The normalized spacial score (nSPS) is 11.4. The number of nitrogens with zero attached hydrogens (tertiary/aromatic N) is 1. The van der Waals surface area contributed by atoms with Gasteiger partial charge in [0, 0.05) is 7.05 Å². The number of ether oxygens (including phenoxy) is 1. The summed E-state index contributed by atoms with van der Waals surface area (Å²) in [6, 6.07) is 19.8. The molecule has 0 aliphatic carbocycles. The SMILES string of the molecule is COc1ccc(S(=O)(=O)N(C)c2ccc3ccccc3c2)cc1. The Morgan fingerprint density at radius 1 is 0.870 bits per heavy atom. The van der Waals surface area contributed by atoms with Crippen molar-refractivity contribution in [3.05, 3.63) is 66.7 Å². The number of benzene rings is 3. The van der Waals surface area contributed by atoms with Gasteiger partial charge in [0.2, 0.25) is 0 Å². The van der Waals surface area contributed by atoms with Crippen LogP contribution in [0, 0.1) is 0 Å². The van der Waals surface area contributed by atoms with E-state index in [-0.39, 0.29) is 4.90 Å². The van der Waals surface area contributed by atoms with Gasteiger partial charge in [0.1, 0.15) is 5.75 Å². The van der Waals surface area contributed by atoms with E-state index < -0.39 is 10.0 Å². The molecule has 0 N–H and O–H groups in total. The summed E-state index contributed by atoms with van der Waals surface area (Å²) in [5.74, 6) is 0.623. The Morgan fingerprint density at radius 2 is 1.52 bits per heavy atom. The highest BCUT2D eigenvalue weighted by Crippen LogP contribution is 2.26. The molecule has 3 aromatic rings. The van der Waals surface area contributed by atoms with E-state index in [1.54, 1.807) is 38.4 Å². The van der Waals surface area contributed by atoms with E-state index in [1.165, 1.54) is 4.31 Å². The fourth-order valence-corrected chi connectivity index (χ4v) is 3.60. The molecule has 4 nitrogen and oxygen atoms in total. The van der Waals surface area contributed by atoms with Gasteiger partial charge < -0.3 is 4.74 Å². The second kappa shape index (κ2) is 5.93. The molecule has 0 saturated carbocycles. The van der Waals surface area contributed by atoms with Crippen LogP contribution < -0.4 is 9.04 Å². The molecule has 0 radical (unpaired) electrons. The van der Waals surface area contributed by atoms with E-state index >= 15 is 0 Å². The molecule has 0 amide bonds. The average Bonchev–Trinajstić information content (AvgIpc) is 2.60.